The molecule has 1 aromatic carbocycles. The van der Waals surface area contributed by atoms with Crippen molar-refractivity contribution < 1.29 is 9.90 Å². The SMILES string of the molecule is NCCNc1ccc2c(c1)c(=O)c(C(=O)O)cn2C1CC1. The van der Waals surface area contributed by atoms with E-state index in [1.54, 1.807) is 6.07 Å². The molecular formula is C15H17N3O3. The number of benzene rings is 1. The number of pyridine rings is 1. The molecule has 2 aromatic rings. The number of nitrogens with zero attached hydrogens (tertiary/aromatic N) is 1. The monoisotopic (exact) mass is 287 g/mol. The maximum absolute atomic E-state index is 12.3. The van der Waals surface area contributed by atoms with Crippen LogP contribution in [0.5, 0.6) is 0 Å². The molecule has 1 heterocycles. The van der Waals surface area contributed by atoms with Crippen molar-refractivity contribution in [3.8, 4) is 0 Å². The predicted molar refractivity (Wildman–Crippen MR) is 81.0 cm³/mol. The molecule has 0 atom stereocenters. The van der Waals surface area contributed by atoms with Crippen molar-refractivity contribution in [2.75, 3.05) is 18.4 Å². The molecule has 1 fully saturated rings. The van der Waals surface area contributed by atoms with E-state index in [-0.39, 0.29) is 5.56 Å². The van der Waals surface area contributed by atoms with Crippen molar-refractivity contribution in [2.24, 2.45) is 5.73 Å². The highest BCUT2D eigenvalue weighted by Gasteiger charge is 2.26. The minimum Gasteiger partial charge on any atom is -0.477 e. The molecule has 1 aromatic heterocycles. The summed E-state index contributed by atoms with van der Waals surface area (Å²) in [7, 11) is 0. The number of aromatic carboxylic acids is 1. The fourth-order valence-corrected chi connectivity index (χ4v) is 2.49. The van der Waals surface area contributed by atoms with Crippen LogP contribution in [0.3, 0.4) is 0 Å². The van der Waals surface area contributed by atoms with Crippen LogP contribution >= 0.6 is 0 Å². The first kappa shape index (κ1) is 13.6. The average molecular weight is 287 g/mol. The second-order valence-corrected chi connectivity index (χ2v) is 5.26. The van der Waals surface area contributed by atoms with Crippen LogP contribution in [-0.2, 0) is 0 Å². The van der Waals surface area contributed by atoms with Crippen LogP contribution < -0.4 is 16.5 Å². The number of carbonyl (C=O) groups is 1. The topological polar surface area (TPSA) is 97.3 Å². The largest absolute Gasteiger partial charge is 0.477 e. The van der Waals surface area contributed by atoms with E-state index in [9.17, 15) is 14.7 Å². The lowest BCUT2D eigenvalue weighted by Gasteiger charge is -2.13. The quantitative estimate of drug-likeness (QED) is 0.772. The second kappa shape index (κ2) is 5.21. The van der Waals surface area contributed by atoms with Crippen molar-refractivity contribution in [2.45, 2.75) is 18.9 Å². The summed E-state index contributed by atoms with van der Waals surface area (Å²) in [4.78, 5) is 23.6. The molecule has 0 unspecified atom stereocenters. The summed E-state index contributed by atoms with van der Waals surface area (Å²) >= 11 is 0. The minimum atomic E-state index is -1.18. The summed E-state index contributed by atoms with van der Waals surface area (Å²) in [5, 5.41) is 12.8. The van der Waals surface area contributed by atoms with Crippen LogP contribution in [0.1, 0.15) is 29.2 Å². The van der Waals surface area contributed by atoms with Crippen molar-refractivity contribution in [1.29, 1.82) is 0 Å². The Labute approximate surface area is 121 Å². The molecule has 1 aliphatic carbocycles. The highest BCUT2D eigenvalue weighted by Crippen LogP contribution is 2.37. The third-order valence-electron chi connectivity index (χ3n) is 3.68. The van der Waals surface area contributed by atoms with Gasteiger partial charge in [0.15, 0.2) is 0 Å². The van der Waals surface area contributed by atoms with Gasteiger partial charge in [-0.1, -0.05) is 0 Å². The Kier molecular flexibility index (Phi) is 3.39. The predicted octanol–water partition coefficient (Wildman–Crippen LogP) is 1.41. The van der Waals surface area contributed by atoms with Gasteiger partial charge in [0.05, 0.1) is 5.52 Å². The molecule has 1 saturated carbocycles. The number of aromatic nitrogens is 1. The molecule has 0 amide bonds. The molecule has 4 N–H and O–H groups in total. The lowest BCUT2D eigenvalue weighted by atomic mass is 10.1. The maximum Gasteiger partial charge on any atom is 0.341 e. The second-order valence-electron chi connectivity index (χ2n) is 5.26. The van der Waals surface area contributed by atoms with Crippen LogP contribution in [0.15, 0.2) is 29.2 Å². The summed E-state index contributed by atoms with van der Waals surface area (Å²) in [5.74, 6) is -1.18. The van der Waals surface area contributed by atoms with Crippen molar-refractivity contribution in [1.82, 2.24) is 4.57 Å². The number of fused-ring (bicyclic) bond motifs is 1. The number of carboxylic acid groups (broad SMARTS) is 1. The summed E-state index contributed by atoms with van der Waals surface area (Å²) in [6, 6.07) is 5.75. The highest BCUT2D eigenvalue weighted by molar-refractivity contribution is 5.93. The van der Waals surface area contributed by atoms with E-state index in [4.69, 9.17) is 5.73 Å². The zero-order valence-corrected chi connectivity index (χ0v) is 11.5. The minimum absolute atomic E-state index is 0.176. The smallest absolute Gasteiger partial charge is 0.341 e. The molecule has 110 valence electrons. The first-order valence-electron chi connectivity index (χ1n) is 6.98. The zero-order valence-electron chi connectivity index (χ0n) is 11.5. The fraction of sp³-hybridized carbons (Fsp3) is 0.333. The third kappa shape index (κ3) is 2.50. The van der Waals surface area contributed by atoms with E-state index in [1.807, 2.05) is 16.7 Å². The lowest BCUT2D eigenvalue weighted by Crippen LogP contribution is -2.19. The number of hydrogen-bond donors (Lipinski definition) is 3. The molecule has 21 heavy (non-hydrogen) atoms. The first-order chi connectivity index (χ1) is 10.1. The molecule has 0 radical (unpaired) electrons. The van der Waals surface area contributed by atoms with Gasteiger partial charge in [0, 0.05) is 36.4 Å². The van der Waals surface area contributed by atoms with E-state index < -0.39 is 11.4 Å². The molecular weight excluding hydrogens is 270 g/mol. The number of nitrogens with one attached hydrogen (secondary N) is 1. The normalized spacial score (nSPS) is 14.3. The maximum atomic E-state index is 12.3. The van der Waals surface area contributed by atoms with Gasteiger partial charge in [-0.05, 0) is 31.0 Å². The Morgan fingerprint density at radius 1 is 1.43 bits per heavy atom. The standard InChI is InChI=1S/C15H17N3O3/c16-5-6-17-9-1-4-13-11(7-9)14(19)12(15(20)21)8-18(13)10-2-3-10/h1,4,7-8,10,17H,2-3,5-6,16H2,(H,20,21). The number of anilines is 1. The average Bonchev–Trinajstić information content (AvgIpc) is 3.30. The van der Waals surface area contributed by atoms with Crippen molar-refractivity contribution in [3.05, 3.63) is 40.2 Å². The van der Waals surface area contributed by atoms with Gasteiger partial charge in [-0.15, -0.1) is 0 Å². The third-order valence-corrected chi connectivity index (χ3v) is 3.68. The first-order valence-corrected chi connectivity index (χ1v) is 6.98. The molecule has 0 saturated heterocycles. The van der Waals surface area contributed by atoms with Crippen molar-refractivity contribution >= 4 is 22.6 Å². The summed E-state index contributed by atoms with van der Waals surface area (Å²) in [6.45, 7) is 1.08. The molecule has 0 spiro atoms. The zero-order chi connectivity index (χ0) is 15.0. The Morgan fingerprint density at radius 2 is 2.19 bits per heavy atom. The molecule has 6 heteroatoms. The van der Waals surface area contributed by atoms with Gasteiger partial charge in [-0.2, -0.15) is 0 Å². The van der Waals surface area contributed by atoms with Crippen LogP contribution in [-0.4, -0.2) is 28.7 Å². The van der Waals surface area contributed by atoms with E-state index in [0.29, 0.717) is 24.5 Å². The summed E-state index contributed by atoms with van der Waals surface area (Å²) in [5.41, 5.74) is 6.39. The molecule has 0 aliphatic heterocycles. The Balaban J connectivity index is 2.21. The van der Waals surface area contributed by atoms with Gasteiger partial charge in [-0.25, -0.2) is 4.79 Å². The number of rotatable bonds is 5. The molecule has 1 aliphatic rings. The Morgan fingerprint density at radius 3 is 2.81 bits per heavy atom. The number of hydrogen-bond acceptors (Lipinski definition) is 4. The van der Waals surface area contributed by atoms with Gasteiger partial charge in [0.1, 0.15) is 5.56 Å². The Hall–Kier alpha value is -2.34. The van der Waals surface area contributed by atoms with E-state index in [1.165, 1.54) is 6.20 Å². The van der Waals surface area contributed by atoms with Gasteiger partial charge in [-0.3, -0.25) is 4.79 Å². The van der Waals surface area contributed by atoms with Crippen LogP contribution in [0.4, 0.5) is 5.69 Å². The number of carboxylic acids is 1. The lowest BCUT2D eigenvalue weighted by molar-refractivity contribution is 0.0695. The van der Waals surface area contributed by atoms with Crippen molar-refractivity contribution in [3.63, 3.8) is 0 Å². The molecule has 3 rings (SSSR count). The molecule has 6 nitrogen and oxygen atoms in total. The highest BCUT2D eigenvalue weighted by atomic mass is 16.4. The van der Waals surface area contributed by atoms with Gasteiger partial charge < -0.3 is 20.7 Å². The van der Waals surface area contributed by atoms with Crippen LogP contribution in [0.25, 0.3) is 10.9 Å². The van der Waals surface area contributed by atoms with Crippen LogP contribution in [0.2, 0.25) is 0 Å². The van der Waals surface area contributed by atoms with Gasteiger partial charge >= 0.3 is 5.97 Å². The van der Waals surface area contributed by atoms with E-state index in [2.05, 4.69) is 5.32 Å². The van der Waals surface area contributed by atoms with Crippen LogP contribution in [0, 0.1) is 0 Å². The van der Waals surface area contributed by atoms with E-state index >= 15 is 0 Å². The summed E-state index contributed by atoms with van der Waals surface area (Å²) in [6.07, 6.45) is 3.51. The fourth-order valence-electron chi connectivity index (χ4n) is 2.49. The Bertz CT molecular complexity index is 763. The summed E-state index contributed by atoms with van der Waals surface area (Å²) < 4.78 is 1.91. The molecule has 0 bridgehead atoms. The van der Waals surface area contributed by atoms with Gasteiger partial charge in [0.2, 0.25) is 5.43 Å². The number of nitrogens with two attached hydrogens (primary N) is 1. The van der Waals surface area contributed by atoms with Gasteiger partial charge in [0.25, 0.3) is 0 Å². The van der Waals surface area contributed by atoms with E-state index in [0.717, 1.165) is 24.0 Å².